The van der Waals surface area contributed by atoms with Crippen molar-refractivity contribution in [2.45, 2.75) is 18.6 Å². The quantitative estimate of drug-likeness (QED) is 0.743. The third-order valence-corrected chi connectivity index (χ3v) is 4.55. The normalized spacial score (nSPS) is 18.6. The fourth-order valence-electron chi connectivity index (χ4n) is 3.08. The van der Waals surface area contributed by atoms with Crippen LogP contribution in [0.25, 0.3) is 0 Å². The second kappa shape index (κ2) is 8.66. The molecule has 9 heteroatoms. The molecule has 148 valence electrons. The molecular weight excluding hydrogens is 364 g/mol. The van der Waals surface area contributed by atoms with E-state index in [1.54, 1.807) is 29.2 Å². The zero-order valence-electron chi connectivity index (χ0n) is 15.7. The Morgan fingerprint density at radius 3 is 2.25 bits per heavy atom. The molecule has 0 saturated carbocycles. The number of nitrogens with one attached hydrogen (secondary N) is 1. The molecule has 2 amide bonds. The van der Waals surface area contributed by atoms with E-state index in [2.05, 4.69) is 15.3 Å². The van der Waals surface area contributed by atoms with Gasteiger partial charge in [0.05, 0.1) is 37.5 Å². The van der Waals surface area contributed by atoms with Crippen LogP contribution in [0.5, 0.6) is 11.8 Å². The van der Waals surface area contributed by atoms with Crippen molar-refractivity contribution in [3.63, 3.8) is 0 Å². The fourth-order valence-corrected chi connectivity index (χ4v) is 3.08. The van der Waals surface area contributed by atoms with Gasteiger partial charge in [-0.2, -0.15) is 0 Å². The van der Waals surface area contributed by atoms with Crippen molar-refractivity contribution < 1.29 is 24.2 Å². The van der Waals surface area contributed by atoms with Crippen molar-refractivity contribution in [2.24, 2.45) is 0 Å². The fraction of sp³-hybridized carbons (Fsp3) is 0.368. The topological polar surface area (TPSA) is 114 Å². The minimum atomic E-state index is -0.639. The highest BCUT2D eigenvalue weighted by molar-refractivity contribution is 5.95. The number of amides is 2. The molecule has 1 aliphatic rings. The summed E-state index contributed by atoms with van der Waals surface area (Å²) in [6.07, 6.45) is 2.60. The third kappa shape index (κ3) is 4.37. The predicted molar refractivity (Wildman–Crippen MR) is 99.4 cm³/mol. The average molecular weight is 386 g/mol. The van der Waals surface area contributed by atoms with Crippen molar-refractivity contribution in [2.75, 3.05) is 27.3 Å². The van der Waals surface area contributed by atoms with Gasteiger partial charge in [0.15, 0.2) is 0 Å². The molecule has 3 rings (SSSR count). The summed E-state index contributed by atoms with van der Waals surface area (Å²) in [5.41, 5.74) is 0.780. The summed E-state index contributed by atoms with van der Waals surface area (Å²) in [5, 5.41) is 12.8. The number of pyridine rings is 2. The lowest BCUT2D eigenvalue weighted by Gasteiger charge is -2.24. The van der Waals surface area contributed by atoms with E-state index in [9.17, 15) is 14.7 Å². The lowest BCUT2D eigenvalue weighted by atomic mass is 10.1. The van der Waals surface area contributed by atoms with Crippen LogP contribution in [0.4, 0.5) is 0 Å². The maximum atomic E-state index is 12.8. The minimum absolute atomic E-state index is 0.204. The second-order valence-corrected chi connectivity index (χ2v) is 6.39. The molecule has 2 N–H and O–H groups in total. The molecular formula is C19H22N4O5. The third-order valence-electron chi connectivity index (χ3n) is 4.55. The highest BCUT2D eigenvalue weighted by Gasteiger charge is 2.35. The van der Waals surface area contributed by atoms with E-state index < -0.39 is 6.10 Å². The van der Waals surface area contributed by atoms with E-state index in [4.69, 9.17) is 9.47 Å². The second-order valence-electron chi connectivity index (χ2n) is 6.39. The van der Waals surface area contributed by atoms with Crippen LogP contribution in [0.15, 0.2) is 36.7 Å². The Labute approximate surface area is 162 Å². The van der Waals surface area contributed by atoms with Crippen LogP contribution >= 0.6 is 0 Å². The van der Waals surface area contributed by atoms with E-state index >= 15 is 0 Å². The zero-order chi connectivity index (χ0) is 20.1. The maximum Gasteiger partial charge on any atom is 0.255 e. The molecule has 2 atom stereocenters. The van der Waals surface area contributed by atoms with E-state index in [-0.39, 0.29) is 30.9 Å². The Balaban J connectivity index is 1.64. The van der Waals surface area contributed by atoms with E-state index in [1.807, 2.05) is 0 Å². The van der Waals surface area contributed by atoms with Gasteiger partial charge >= 0.3 is 0 Å². The summed E-state index contributed by atoms with van der Waals surface area (Å²) >= 11 is 0. The van der Waals surface area contributed by atoms with E-state index in [1.165, 1.54) is 26.6 Å². The molecule has 1 aliphatic heterocycles. The Kier molecular flexibility index (Phi) is 6.05. The van der Waals surface area contributed by atoms with Gasteiger partial charge in [0, 0.05) is 37.6 Å². The average Bonchev–Trinajstić information content (AvgIpc) is 3.12. The Morgan fingerprint density at radius 2 is 1.71 bits per heavy atom. The molecule has 0 unspecified atom stereocenters. The molecule has 0 spiro atoms. The maximum absolute atomic E-state index is 12.8. The number of ether oxygens (including phenoxy) is 2. The summed E-state index contributed by atoms with van der Waals surface area (Å²) in [6.45, 7) is 0.423. The first-order valence-electron chi connectivity index (χ1n) is 8.79. The molecule has 3 heterocycles. The number of aliphatic hydroxyl groups is 1. The number of nitrogens with zero attached hydrogens (tertiary/aromatic N) is 3. The number of aromatic nitrogens is 2. The number of carbonyl (C=O) groups is 2. The highest BCUT2D eigenvalue weighted by Crippen LogP contribution is 2.21. The zero-order valence-corrected chi connectivity index (χ0v) is 15.7. The molecule has 0 bridgehead atoms. The van der Waals surface area contributed by atoms with Crippen LogP contribution in [0.1, 0.15) is 27.1 Å². The Bertz CT molecular complexity index is 825. The molecule has 0 radical (unpaired) electrons. The highest BCUT2D eigenvalue weighted by atomic mass is 16.5. The number of carbonyl (C=O) groups excluding carboxylic acids is 2. The van der Waals surface area contributed by atoms with Gasteiger partial charge in [-0.15, -0.1) is 0 Å². The van der Waals surface area contributed by atoms with Gasteiger partial charge in [-0.3, -0.25) is 9.59 Å². The van der Waals surface area contributed by atoms with Crippen LogP contribution in [0.2, 0.25) is 0 Å². The summed E-state index contributed by atoms with van der Waals surface area (Å²) in [4.78, 5) is 34.7. The molecule has 1 saturated heterocycles. The summed E-state index contributed by atoms with van der Waals surface area (Å²) in [6, 6.07) is 6.11. The van der Waals surface area contributed by atoms with Crippen LogP contribution in [-0.4, -0.2) is 71.2 Å². The van der Waals surface area contributed by atoms with Crippen LogP contribution in [-0.2, 0) is 0 Å². The van der Waals surface area contributed by atoms with E-state index in [0.29, 0.717) is 29.3 Å². The first-order valence-corrected chi connectivity index (χ1v) is 8.79. The van der Waals surface area contributed by atoms with Crippen molar-refractivity contribution >= 4 is 11.8 Å². The number of aliphatic hydroxyl groups excluding tert-OH is 1. The molecule has 1 fully saturated rings. The minimum Gasteiger partial charge on any atom is -0.481 e. The number of likely N-dealkylation sites (tertiary alicyclic amines) is 1. The van der Waals surface area contributed by atoms with Crippen molar-refractivity contribution in [1.82, 2.24) is 20.2 Å². The molecule has 9 nitrogen and oxygen atoms in total. The summed E-state index contributed by atoms with van der Waals surface area (Å²) < 4.78 is 9.97. The molecule has 2 aromatic rings. The first-order chi connectivity index (χ1) is 13.5. The van der Waals surface area contributed by atoms with Gasteiger partial charge in [0.25, 0.3) is 11.8 Å². The molecule has 28 heavy (non-hydrogen) atoms. The molecule has 0 aliphatic carbocycles. The largest absolute Gasteiger partial charge is 0.481 e. The van der Waals surface area contributed by atoms with Gasteiger partial charge in [0.2, 0.25) is 11.8 Å². The van der Waals surface area contributed by atoms with Crippen LogP contribution in [0.3, 0.4) is 0 Å². The van der Waals surface area contributed by atoms with Gasteiger partial charge in [-0.1, -0.05) is 0 Å². The molecule has 0 aromatic carbocycles. The lowest BCUT2D eigenvalue weighted by molar-refractivity contribution is 0.0707. The predicted octanol–water partition coefficient (Wildman–Crippen LogP) is 0.499. The number of β-amino-alcohol motifs (C(OH)–C–C–N with tert-alkyl or cyclic N) is 1. The smallest absolute Gasteiger partial charge is 0.255 e. The van der Waals surface area contributed by atoms with Gasteiger partial charge in [0.1, 0.15) is 0 Å². The monoisotopic (exact) mass is 386 g/mol. The van der Waals surface area contributed by atoms with E-state index in [0.717, 1.165) is 0 Å². The Hall–Kier alpha value is -3.20. The van der Waals surface area contributed by atoms with Crippen molar-refractivity contribution in [3.05, 3.63) is 47.8 Å². The van der Waals surface area contributed by atoms with Crippen molar-refractivity contribution in [1.29, 1.82) is 0 Å². The first kappa shape index (κ1) is 19.6. The summed E-state index contributed by atoms with van der Waals surface area (Å²) in [5.74, 6) is 0.266. The number of hydrogen-bond acceptors (Lipinski definition) is 7. The summed E-state index contributed by atoms with van der Waals surface area (Å²) in [7, 11) is 3.00. The van der Waals surface area contributed by atoms with Crippen LogP contribution in [0, 0.1) is 0 Å². The van der Waals surface area contributed by atoms with Gasteiger partial charge in [-0.05, 0) is 18.6 Å². The van der Waals surface area contributed by atoms with Crippen LogP contribution < -0.4 is 14.8 Å². The lowest BCUT2D eigenvalue weighted by Crippen LogP contribution is -2.43. The number of rotatable bonds is 6. The SMILES string of the molecule is COc1ccc(C(=O)NC[C@@H]2C[C@@H](O)CN2C(=O)c2ccc(OC)nc2)cn1. The van der Waals surface area contributed by atoms with Gasteiger partial charge < -0.3 is 24.8 Å². The number of hydrogen-bond donors (Lipinski definition) is 2. The molecule has 2 aromatic heterocycles. The number of methoxy groups -OCH3 is 2. The Morgan fingerprint density at radius 1 is 1.11 bits per heavy atom. The standard InChI is InChI=1S/C19H22N4O5/c1-27-16-5-3-12(8-20-16)18(25)22-10-14-7-15(24)11-23(14)19(26)13-4-6-17(28-2)21-9-13/h3-6,8-9,14-15,24H,7,10-11H2,1-2H3,(H,22,25)/t14-,15+/m0/s1. The van der Waals surface area contributed by atoms with Crippen molar-refractivity contribution in [3.8, 4) is 11.8 Å². The van der Waals surface area contributed by atoms with Gasteiger partial charge in [-0.25, -0.2) is 9.97 Å².